The maximum absolute atomic E-state index is 12.4. The molecule has 24 heavy (non-hydrogen) atoms. The number of carbonyl (C=O) groups excluding carboxylic acids is 2. The van der Waals surface area contributed by atoms with E-state index in [0.717, 1.165) is 0 Å². The largest absolute Gasteiger partial charge is 0.444 e. The van der Waals surface area contributed by atoms with Crippen molar-refractivity contribution in [3.63, 3.8) is 0 Å². The molecule has 0 aromatic carbocycles. The van der Waals surface area contributed by atoms with Gasteiger partial charge in [0.25, 0.3) is 0 Å². The molecule has 0 saturated heterocycles. The van der Waals surface area contributed by atoms with Gasteiger partial charge in [-0.1, -0.05) is 13.8 Å². The summed E-state index contributed by atoms with van der Waals surface area (Å²) in [5, 5.41) is 5.77. The van der Waals surface area contributed by atoms with E-state index in [1.807, 2.05) is 41.5 Å². The maximum atomic E-state index is 12.4. The van der Waals surface area contributed by atoms with Crippen LogP contribution in [0, 0.1) is 11.8 Å². The molecule has 2 amide bonds. The molecule has 6 heteroatoms. The van der Waals surface area contributed by atoms with E-state index in [0.29, 0.717) is 19.1 Å². The second kappa shape index (κ2) is 8.19. The summed E-state index contributed by atoms with van der Waals surface area (Å²) < 4.78 is 10.9. The van der Waals surface area contributed by atoms with Gasteiger partial charge in [0.1, 0.15) is 11.7 Å². The SMILES string of the molecule is CC(OCC1CC1)C(=O)NC(C)(CNC(=O)OC(C)(C)C)C(C)C. The Labute approximate surface area is 146 Å². The van der Waals surface area contributed by atoms with Gasteiger partial charge in [0.15, 0.2) is 0 Å². The van der Waals surface area contributed by atoms with Crippen molar-refractivity contribution >= 4 is 12.0 Å². The number of rotatable bonds is 8. The molecule has 0 aromatic heterocycles. The normalized spacial score (nSPS) is 18.7. The third-order valence-electron chi connectivity index (χ3n) is 4.33. The van der Waals surface area contributed by atoms with E-state index < -0.39 is 23.3 Å². The molecular formula is C18H34N2O4. The third kappa shape index (κ3) is 7.51. The fourth-order valence-corrected chi connectivity index (χ4v) is 1.99. The predicted molar refractivity (Wildman–Crippen MR) is 93.8 cm³/mol. The minimum absolute atomic E-state index is 0.131. The number of hydrogen-bond acceptors (Lipinski definition) is 4. The molecule has 0 spiro atoms. The Morgan fingerprint density at radius 1 is 1.12 bits per heavy atom. The first-order valence-corrected chi connectivity index (χ1v) is 8.83. The van der Waals surface area contributed by atoms with Gasteiger partial charge in [-0.25, -0.2) is 4.79 Å². The number of amides is 2. The van der Waals surface area contributed by atoms with Crippen LogP contribution in [0.4, 0.5) is 4.79 Å². The van der Waals surface area contributed by atoms with Crippen molar-refractivity contribution in [2.75, 3.05) is 13.2 Å². The van der Waals surface area contributed by atoms with E-state index in [1.165, 1.54) is 12.8 Å². The monoisotopic (exact) mass is 342 g/mol. The summed E-state index contributed by atoms with van der Waals surface area (Å²) >= 11 is 0. The first-order chi connectivity index (χ1) is 10.9. The molecule has 2 N–H and O–H groups in total. The number of hydrogen-bond donors (Lipinski definition) is 2. The Morgan fingerprint density at radius 3 is 2.17 bits per heavy atom. The maximum Gasteiger partial charge on any atom is 0.407 e. The van der Waals surface area contributed by atoms with Gasteiger partial charge in [0.05, 0.1) is 12.1 Å². The predicted octanol–water partition coefficient (Wildman–Crippen LogP) is 2.86. The van der Waals surface area contributed by atoms with Crippen LogP contribution in [0.5, 0.6) is 0 Å². The topological polar surface area (TPSA) is 76.7 Å². The summed E-state index contributed by atoms with van der Waals surface area (Å²) in [5.41, 5.74) is -1.13. The molecule has 2 atom stereocenters. The summed E-state index contributed by atoms with van der Waals surface area (Å²) in [6, 6.07) is 0. The number of ether oxygens (including phenoxy) is 2. The molecule has 2 unspecified atom stereocenters. The van der Waals surface area contributed by atoms with Crippen molar-refractivity contribution in [1.29, 1.82) is 0 Å². The second-order valence-corrected chi connectivity index (χ2v) is 8.34. The Balaban J connectivity index is 2.52. The first kappa shape index (κ1) is 20.7. The molecule has 0 heterocycles. The van der Waals surface area contributed by atoms with Crippen LogP contribution in [0.15, 0.2) is 0 Å². The van der Waals surface area contributed by atoms with Crippen molar-refractivity contribution in [2.24, 2.45) is 11.8 Å². The summed E-state index contributed by atoms with van der Waals surface area (Å²) in [6.07, 6.45) is 1.40. The zero-order valence-corrected chi connectivity index (χ0v) is 16.2. The Morgan fingerprint density at radius 2 is 1.71 bits per heavy atom. The van der Waals surface area contributed by atoms with Gasteiger partial charge in [-0.05, 0) is 59.3 Å². The lowest BCUT2D eigenvalue weighted by Gasteiger charge is -2.36. The summed E-state index contributed by atoms with van der Waals surface area (Å²) in [4.78, 5) is 24.3. The van der Waals surface area contributed by atoms with Gasteiger partial charge < -0.3 is 20.1 Å². The second-order valence-electron chi connectivity index (χ2n) is 8.34. The number of carbonyl (C=O) groups is 2. The quantitative estimate of drug-likeness (QED) is 0.711. The lowest BCUT2D eigenvalue weighted by molar-refractivity contribution is -0.134. The highest BCUT2D eigenvalue weighted by Gasteiger charge is 2.33. The molecule has 0 aromatic rings. The smallest absolute Gasteiger partial charge is 0.407 e. The van der Waals surface area contributed by atoms with Crippen LogP contribution in [0.1, 0.15) is 61.3 Å². The zero-order chi connectivity index (χ0) is 18.5. The van der Waals surface area contributed by atoms with E-state index in [4.69, 9.17) is 9.47 Å². The lowest BCUT2D eigenvalue weighted by atomic mass is 9.88. The Kier molecular flexibility index (Phi) is 7.08. The summed E-state index contributed by atoms with van der Waals surface area (Å²) in [7, 11) is 0. The van der Waals surface area contributed by atoms with E-state index in [9.17, 15) is 9.59 Å². The number of alkyl carbamates (subject to hydrolysis) is 1. The molecule has 1 rings (SSSR count). The van der Waals surface area contributed by atoms with Gasteiger partial charge in [0.2, 0.25) is 5.91 Å². The van der Waals surface area contributed by atoms with Crippen LogP contribution in [-0.2, 0) is 14.3 Å². The molecule has 0 aliphatic heterocycles. The van der Waals surface area contributed by atoms with Gasteiger partial charge >= 0.3 is 6.09 Å². The molecule has 1 fully saturated rings. The van der Waals surface area contributed by atoms with E-state index in [1.54, 1.807) is 6.92 Å². The van der Waals surface area contributed by atoms with Crippen molar-refractivity contribution < 1.29 is 19.1 Å². The number of nitrogens with one attached hydrogen (secondary N) is 2. The van der Waals surface area contributed by atoms with Crippen LogP contribution < -0.4 is 10.6 Å². The highest BCUT2D eigenvalue weighted by molar-refractivity contribution is 5.81. The van der Waals surface area contributed by atoms with Crippen LogP contribution in [-0.4, -0.2) is 42.4 Å². The molecule has 0 radical (unpaired) electrons. The molecule has 140 valence electrons. The molecule has 6 nitrogen and oxygen atoms in total. The van der Waals surface area contributed by atoms with Crippen LogP contribution >= 0.6 is 0 Å². The Bertz CT molecular complexity index is 441. The van der Waals surface area contributed by atoms with Crippen molar-refractivity contribution in [2.45, 2.75) is 78.6 Å². The summed E-state index contributed by atoms with van der Waals surface area (Å²) in [5.74, 6) is 0.593. The van der Waals surface area contributed by atoms with Gasteiger partial charge in [-0.3, -0.25) is 4.79 Å². The van der Waals surface area contributed by atoms with Crippen LogP contribution in [0.3, 0.4) is 0 Å². The van der Waals surface area contributed by atoms with E-state index >= 15 is 0 Å². The van der Waals surface area contributed by atoms with E-state index in [-0.39, 0.29) is 11.8 Å². The van der Waals surface area contributed by atoms with Crippen LogP contribution in [0.25, 0.3) is 0 Å². The van der Waals surface area contributed by atoms with Gasteiger partial charge in [-0.2, -0.15) is 0 Å². The fraction of sp³-hybridized carbons (Fsp3) is 0.889. The van der Waals surface area contributed by atoms with Gasteiger partial charge in [-0.15, -0.1) is 0 Å². The highest BCUT2D eigenvalue weighted by atomic mass is 16.6. The van der Waals surface area contributed by atoms with Crippen LogP contribution in [0.2, 0.25) is 0 Å². The highest BCUT2D eigenvalue weighted by Crippen LogP contribution is 2.29. The molecule has 1 aliphatic rings. The minimum Gasteiger partial charge on any atom is -0.444 e. The lowest BCUT2D eigenvalue weighted by Crippen LogP contribution is -2.59. The first-order valence-electron chi connectivity index (χ1n) is 8.83. The molecular weight excluding hydrogens is 308 g/mol. The average molecular weight is 342 g/mol. The zero-order valence-electron chi connectivity index (χ0n) is 16.2. The fourth-order valence-electron chi connectivity index (χ4n) is 1.99. The van der Waals surface area contributed by atoms with E-state index in [2.05, 4.69) is 10.6 Å². The van der Waals surface area contributed by atoms with Gasteiger partial charge in [0, 0.05) is 6.54 Å². The summed E-state index contributed by atoms with van der Waals surface area (Å²) in [6.45, 7) is 14.1. The standard InChI is InChI=1S/C18H34N2O4/c1-12(2)18(7,11-19-16(22)24-17(4,5)6)20-15(21)13(3)23-10-14-8-9-14/h12-14H,8-11H2,1-7H3,(H,19,22)(H,20,21). The molecule has 0 bridgehead atoms. The molecule has 1 saturated carbocycles. The van der Waals surface area contributed by atoms with Crippen molar-refractivity contribution in [3.8, 4) is 0 Å². The van der Waals surface area contributed by atoms with Crippen molar-refractivity contribution in [1.82, 2.24) is 10.6 Å². The Hall–Kier alpha value is -1.30. The third-order valence-corrected chi connectivity index (χ3v) is 4.33. The van der Waals surface area contributed by atoms with Crippen molar-refractivity contribution in [3.05, 3.63) is 0 Å². The average Bonchev–Trinajstić information content (AvgIpc) is 3.24. The molecule has 1 aliphatic carbocycles. The minimum atomic E-state index is -0.578.